The number of nitriles is 1. The summed E-state index contributed by atoms with van der Waals surface area (Å²) in [6.07, 6.45) is 1.32. The Labute approximate surface area is 115 Å². The first kappa shape index (κ1) is 14.0. The van der Waals surface area contributed by atoms with Crippen molar-refractivity contribution in [1.29, 1.82) is 5.26 Å². The molecule has 0 aliphatic rings. The Morgan fingerprint density at radius 3 is 2.80 bits per heavy atom. The van der Waals surface area contributed by atoms with Gasteiger partial charge in [-0.15, -0.1) is 0 Å². The number of nitrogens with one attached hydrogen (secondary N) is 1. The zero-order valence-electron chi connectivity index (χ0n) is 10.5. The smallest absolute Gasteiger partial charge is 0.264 e. The van der Waals surface area contributed by atoms with Crippen LogP contribution in [-0.4, -0.2) is 13.4 Å². The van der Waals surface area contributed by atoms with Crippen molar-refractivity contribution in [3.05, 3.63) is 53.6 Å². The second kappa shape index (κ2) is 5.27. The Balaban J connectivity index is 2.47. The maximum Gasteiger partial charge on any atom is 0.264 e. The van der Waals surface area contributed by atoms with E-state index in [2.05, 4.69) is 9.71 Å². The van der Waals surface area contributed by atoms with Crippen LogP contribution in [0.1, 0.15) is 11.3 Å². The van der Waals surface area contributed by atoms with Crippen molar-refractivity contribution in [2.75, 3.05) is 4.72 Å². The summed E-state index contributed by atoms with van der Waals surface area (Å²) in [5.41, 5.74) is 0.476. The van der Waals surface area contributed by atoms with Gasteiger partial charge in [0.05, 0.1) is 5.69 Å². The molecule has 20 heavy (non-hydrogen) atoms. The predicted octanol–water partition coefficient (Wildman–Crippen LogP) is 2.20. The van der Waals surface area contributed by atoms with E-state index >= 15 is 0 Å². The minimum absolute atomic E-state index is 0.123. The van der Waals surface area contributed by atoms with Gasteiger partial charge in [0.25, 0.3) is 10.0 Å². The fourth-order valence-corrected chi connectivity index (χ4v) is 2.83. The van der Waals surface area contributed by atoms with Crippen LogP contribution in [0.3, 0.4) is 0 Å². The summed E-state index contributed by atoms with van der Waals surface area (Å²) in [4.78, 5) is 3.45. The van der Waals surface area contributed by atoms with E-state index in [1.165, 1.54) is 30.5 Å². The average molecular weight is 291 g/mol. The second-order valence-corrected chi connectivity index (χ2v) is 5.68. The number of rotatable bonds is 3. The number of aromatic nitrogens is 1. The lowest BCUT2D eigenvalue weighted by molar-refractivity contribution is 0.600. The van der Waals surface area contributed by atoms with E-state index < -0.39 is 15.8 Å². The first-order valence-corrected chi connectivity index (χ1v) is 7.06. The van der Waals surface area contributed by atoms with Gasteiger partial charge in [0.15, 0.2) is 5.69 Å². The predicted molar refractivity (Wildman–Crippen MR) is 70.9 cm³/mol. The highest BCUT2D eigenvalue weighted by Gasteiger charge is 2.20. The molecule has 0 aliphatic heterocycles. The molecule has 1 heterocycles. The summed E-state index contributed by atoms with van der Waals surface area (Å²) in [7, 11) is -4.00. The summed E-state index contributed by atoms with van der Waals surface area (Å²) < 4.78 is 39.9. The number of pyridine rings is 1. The molecular formula is C13H10FN3O2S. The fraction of sp³-hybridized carbons (Fsp3) is 0.0769. The molecule has 0 spiro atoms. The minimum atomic E-state index is -4.00. The first-order chi connectivity index (χ1) is 9.44. The van der Waals surface area contributed by atoms with Crippen LogP contribution >= 0.6 is 0 Å². The molecule has 7 heteroatoms. The number of hydrogen-bond acceptors (Lipinski definition) is 4. The normalized spacial score (nSPS) is 10.8. The van der Waals surface area contributed by atoms with Crippen molar-refractivity contribution >= 4 is 15.7 Å². The number of sulfonamides is 1. The second-order valence-electron chi connectivity index (χ2n) is 4.03. The van der Waals surface area contributed by atoms with Gasteiger partial charge < -0.3 is 0 Å². The van der Waals surface area contributed by atoms with Crippen LogP contribution in [0, 0.1) is 24.1 Å². The topological polar surface area (TPSA) is 82.8 Å². The zero-order valence-corrected chi connectivity index (χ0v) is 11.3. The number of halogens is 1. The zero-order chi connectivity index (χ0) is 14.8. The molecule has 0 radical (unpaired) electrons. The Bertz CT molecular complexity index is 798. The minimum Gasteiger partial charge on any atom is -0.279 e. The molecule has 102 valence electrons. The average Bonchev–Trinajstić information content (AvgIpc) is 2.42. The van der Waals surface area contributed by atoms with Crippen LogP contribution in [0.4, 0.5) is 10.1 Å². The highest BCUT2D eigenvalue weighted by Crippen LogP contribution is 2.21. The van der Waals surface area contributed by atoms with Gasteiger partial charge in [0, 0.05) is 6.20 Å². The van der Waals surface area contributed by atoms with E-state index in [-0.39, 0.29) is 16.3 Å². The maximum atomic E-state index is 13.2. The number of aryl methyl sites for hydroxylation is 1. The summed E-state index contributed by atoms with van der Waals surface area (Å²) in [6.45, 7) is 1.64. The van der Waals surface area contributed by atoms with Gasteiger partial charge in [-0.2, -0.15) is 5.26 Å². The van der Waals surface area contributed by atoms with Crippen molar-refractivity contribution in [2.24, 2.45) is 0 Å². The molecule has 1 aromatic heterocycles. The quantitative estimate of drug-likeness (QED) is 0.939. The highest BCUT2D eigenvalue weighted by molar-refractivity contribution is 7.92. The van der Waals surface area contributed by atoms with E-state index in [1.807, 2.05) is 0 Å². The largest absolute Gasteiger partial charge is 0.279 e. The molecule has 0 saturated carbocycles. The van der Waals surface area contributed by atoms with E-state index in [1.54, 1.807) is 13.0 Å². The number of anilines is 1. The van der Waals surface area contributed by atoms with Crippen molar-refractivity contribution < 1.29 is 12.8 Å². The Morgan fingerprint density at radius 2 is 2.10 bits per heavy atom. The Morgan fingerprint density at radius 1 is 1.35 bits per heavy atom. The number of benzene rings is 1. The van der Waals surface area contributed by atoms with Crippen molar-refractivity contribution in [1.82, 2.24) is 4.98 Å². The van der Waals surface area contributed by atoms with Gasteiger partial charge in [-0.3, -0.25) is 4.72 Å². The summed E-state index contributed by atoms with van der Waals surface area (Å²) in [5, 5.41) is 8.88. The van der Waals surface area contributed by atoms with Crippen LogP contribution in [0.25, 0.3) is 0 Å². The molecule has 1 N–H and O–H groups in total. The standard InChI is InChI=1S/C13H10FN3O2S/c1-9-4-5-10(14)7-11(9)17-20(18,19)13-3-2-6-16-12(13)8-15/h2-7,17H,1H3. The third kappa shape index (κ3) is 2.75. The highest BCUT2D eigenvalue weighted by atomic mass is 32.2. The van der Waals surface area contributed by atoms with Crippen molar-refractivity contribution in [3.8, 4) is 6.07 Å². The van der Waals surface area contributed by atoms with Gasteiger partial charge in [-0.25, -0.2) is 17.8 Å². The fourth-order valence-electron chi connectivity index (χ4n) is 1.60. The number of nitrogens with zero attached hydrogens (tertiary/aromatic N) is 2. The van der Waals surface area contributed by atoms with Gasteiger partial charge >= 0.3 is 0 Å². The van der Waals surface area contributed by atoms with Crippen LogP contribution in [-0.2, 0) is 10.0 Å². The lowest BCUT2D eigenvalue weighted by Gasteiger charge is -2.11. The van der Waals surface area contributed by atoms with Crippen LogP contribution in [0.2, 0.25) is 0 Å². The molecule has 5 nitrogen and oxygen atoms in total. The summed E-state index contributed by atoms with van der Waals surface area (Å²) in [5.74, 6) is -0.556. The third-order valence-electron chi connectivity index (χ3n) is 2.61. The Hall–Kier alpha value is -2.46. The van der Waals surface area contributed by atoms with E-state index in [0.717, 1.165) is 6.07 Å². The lowest BCUT2D eigenvalue weighted by Crippen LogP contribution is -2.15. The van der Waals surface area contributed by atoms with Gasteiger partial charge in [-0.05, 0) is 36.8 Å². The van der Waals surface area contributed by atoms with E-state index in [0.29, 0.717) is 5.56 Å². The van der Waals surface area contributed by atoms with Gasteiger partial charge in [0.2, 0.25) is 0 Å². The van der Waals surface area contributed by atoms with Crippen molar-refractivity contribution in [3.63, 3.8) is 0 Å². The summed E-state index contributed by atoms with van der Waals surface area (Å²) in [6, 6.07) is 8.16. The number of hydrogen-bond donors (Lipinski definition) is 1. The molecule has 0 saturated heterocycles. The van der Waals surface area contributed by atoms with Crippen molar-refractivity contribution in [2.45, 2.75) is 11.8 Å². The molecule has 2 rings (SSSR count). The molecule has 0 fully saturated rings. The summed E-state index contributed by atoms with van der Waals surface area (Å²) >= 11 is 0. The van der Waals surface area contributed by atoms with Crippen LogP contribution in [0.5, 0.6) is 0 Å². The molecular weight excluding hydrogens is 281 g/mol. The molecule has 0 atom stereocenters. The molecule has 1 aromatic carbocycles. The molecule has 0 amide bonds. The molecule has 2 aromatic rings. The van der Waals surface area contributed by atoms with E-state index in [4.69, 9.17) is 5.26 Å². The third-order valence-corrected chi connectivity index (χ3v) is 4.01. The molecule has 0 aliphatic carbocycles. The van der Waals surface area contributed by atoms with Gasteiger partial charge in [-0.1, -0.05) is 6.07 Å². The Kier molecular flexibility index (Phi) is 3.68. The molecule has 0 unspecified atom stereocenters. The van der Waals surface area contributed by atoms with Crippen LogP contribution in [0.15, 0.2) is 41.4 Å². The monoisotopic (exact) mass is 291 g/mol. The first-order valence-electron chi connectivity index (χ1n) is 5.58. The molecule has 0 bridgehead atoms. The van der Waals surface area contributed by atoms with Crippen LogP contribution < -0.4 is 4.72 Å². The van der Waals surface area contributed by atoms with E-state index in [9.17, 15) is 12.8 Å². The SMILES string of the molecule is Cc1ccc(F)cc1NS(=O)(=O)c1cccnc1C#N. The van der Waals surface area contributed by atoms with Gasteiger partial charge in [0.1, 0.15) is 16.8 Å². The maximum absolute atomic E-state index is 13.2. The lowest BCUT2D eigenvalue weighted by atomic mass is 10.2.